The van der Waals surface area contributed by atoms with E-state index in [0.717, 1.165) is 56.9 Å². The van der Waals surface area contributed by atoms with Gasteiger partial charge in [0, 0.05) is 13.0 Å². The molecule has 1 aromatic rings. The zero-order chi connectivity index (χ0) is 46.5. The molecule has 6 atom stereocenters. The molecular formula is C53H95N3O8. The summed E-state index contributed by atoms with van der Waals surface area (Å²) in [6, 6.07) is 6.92. The summed E-state index contributed by atoms with van der Waals surface area (Å²) in [7, 11) is 0. The lowest BCUT2D eigenvalue weighted by atomic mass is 9.94. The fourth-order valence-corrected chi connectivity index (χ4v) is 8.83. The smallest absolute Gasteiger partial charge is 0.408 e. The first-order chi connectivity index (χ1) is 31.2. The van der Waals surface area contributed by atoms with Gasteiger partial charge in [0.25, 0.3) is 0 Å². The van der Waals surface area contributed by atoms with E-state index in [-0.39, 0.29) is 12.5 Å². The van der Waals surface area contributed by atoms with E-state index in [1.165, 1.54) is 155 Å². The topological polar surface area (TPSA) is 158 Å². The number of carbonyl (C=O) groups is 3. The average molecular weight is 902 g/mol. The van der Waals surface area contributed by atoms with Crippen LogP contribution in [0.3, 0.4) is 0 Å². The third kappa shape index (κ3) is 26.4. The van der Waals surface area contributed by atoms with Crippen molar-refractivity contribution in [3.05, 3.63) is 35.9 Å². The molecule has 0 saturated carbocycles. The number of unbranched alkanes of at least 4 members (excludes halogenated alkanes) is 29. The lowest BCUT2D eigenvalue weighted by Gasteiger charge is -2.47. The van der Waals surface area contributed by atoms with Crippen LogP contribution < -0.4 is 10.6 Å². The molecule has 2 rings (SSSR count). The first-order valence-corrected chi connectivity index (χ1v) is 26.4. The van der Waals surface area contributed by atoms with Gasteiger partial charge in [0.15, 0.2) is 6.23 Å². The highest BCUT2D eigenvalue weighted by atomic mass is 16.6. The molecule has 370 valence electrons. The third-order valence-electron chi connectivity index (χ3n) is 13.0. The predicted molar refractivity (Wildman–Crippen MR) is 260 cm³/mol. The molecule has 64 heavy (non-hydrogen) atoms. The van der Waals surface area contributed by atoms with Crippen molar-refractivity contribution >= 4 is 17.9 Å². The van der Waals surface area contributed by atoms with Gasteiger partial charge in [-0.3, -0.25) is 9.59 Å². The largest absolute Gasteiger partial charge is 0.445 e. The van der Waals surface area contributed by atoms with Crippen LogP contribution in [-0.4, -0.2) is 87.9 Å². The Morgan fingerprint density at radius 1 is 0.625 bits per heavy atom. The SMILES string of the molecule is CCCCCCCCCCCCCCCCCCN(C(=O)CCCCCCCCCCCCCCCCC)[C@@H]1O[C@H](CO)[C@@H](O)[C@H](O)[C@H]1NC(=O)[C@@H](C)NC(=O)OCc1ccccc1. The second-order valence-electron chi connectivity index (χ2n) is 18.8. The molecule has 0 aliphatic carbocycles. The van der Waals surface area contributed by atoms with E-state index in [2.05, 4.69) is 24.5 Å². The number of hydrogen-bond donors (Lipinski definition) is 5. The van der Waals surface area contributed by atoms with Crippen molar-refractivity contribution < 1.29 is 39.2 Å². The lowest BCUT2D eigenvalue weighted by molar-refractivity contribution is -0.231. The van der Waals surface area contributed by atoms with Gasteiger partial charge in [0.1, 0.15) is 37.0 Å². The highest BCUT2D eigenvalue weighted by molar-refractivity contribution is 5.85. The normalized spacial score (nSPS) is 19.0. The summed E-state index contributed by atoms with van der Waals surface area (Å²) < 4.78 is 11.5. The second kappa shape index (κ2) is 38.4. The molecule has 3 amide bonds. The monoisotopic (exact) mass is 902 g/mol. The molecule has 0 unspecified atom stereocenters. The first kappa shape index (κ1) is 57.4. The van der Waals surface area contributed by atoms with E-state index in [1.807, 2.05) is 30.3 Å². The molecule has 0 bridgehead atoms. The van der Waals surface area contributed by atoms with Crippen LogP contribution in [0.15, 0.2) is 30.3 Å². The standard InChI is InChI=1S/C53H95N3O8/c1-4-6-8-10-12-14-16-18-20-22-24-26-28-30-32-37-41-56(47(58)40-36-31-29-27-25-23-21-19-17-15-13-11-9-7-5-2)52-48(50(60)49(59)46(42-57)64-52)55-51(61)44(3)54-53(62)63-43-45-38-34-33-35-39-45/h33-35,38-39,44,46,48-50,52,57,59-60H,4-32,36-37,40-43H2,1-3H3,(H,54,62)(H,55,61)/t44-,46-,48-,49-,50-,52-/m1/s1. The summed E-state index contributed by atoms with van der Waals surface area (Å²) in [6.45, 7) is 5.83. The number of aliphatic hydroxyl groups excluding tert-OH is 3. The molecule has 1 aliphatic rings. The van der Waals surface area contributed by atoms with Crippen molar-refractivity contribution in [3.8, 4) is 0 Å². The van der Waals surface area contributed by atoms with Gasteiger partial charge in [-0.1, -0.05) is 230 Å². The van der Waals surface area contributed by atoms with Crippen LogP contribution in [0.25, 0.3) is 0 Å². The highest BCUT2D eigenvalue weighted by Gasteiger charge is 2.48. The Bertz CT molecular complexity index is 1290. The summed E-state index contributed by atoms with van der Waals surface area (Å²) in [5.41, 5.74) is 0.797. The van der Waals surface area contributed by atoms with Gasteiger partial charge < -0.3 is 40.3 Å². The van der Waals surface area contributed by atoms with Crippen molar-refractivity contribution in [2.45, 2.75) is 269 Å². The third-order valence-corrected chi connectivity index (χ3v) is 13.0. The Kier molecular flexibility index (Phi) is 34.4. The van der Waals surface area contributed by atoms with Crippen LogP contribution in [-0.2, 0) is 25.7 Å². The maximum Gasteiger partial charge on any atom is 0.408 e. The number of aliphatic hydroxyl groups is 3. The van der Waals surface area contributed by atoms with Crippen LogP contribution in [0.5, 0.6) is 0 Å². The van der Waals surface area contributed by atoms with Gasteiger partial charge in [-0.25, -0.2) is 4.79 Å². The number of benzene rings is 1. The van der Waals surface area contributed by atoms with E-state index in [0.29, 0.717) is 13.0 Å². The van der Waals surface area contributed by atoms with Crippen molar-refractivity contribution in [2.75, 3.05) is 13.2 Å². The first-order valence-electron chi connectivity index (χ1n) is 26.4. The Morgan fingerprint density at radius 3 is 1.48 bits per heavy atom. The van der Waals surface area contributed by atoms with Gasteiger partial charge >= 0.3 is 6.09 Å². The molecule has 1 fully saturated rings. The quantitative estimate of drug-likeness (QED) is 0.0407. The Morgan fingerprint density at radius 2 is 1.05 bits per heavy atom. The van der Waals surface area contributed by atoms with Crippen molar-refractivity contribution in [1.82, 2.24) is 15.5 Å². The Labute approximate surface area is 390 Å². The van der Waals surface area contributed by atoms with E-state index in [4.69, 9.17) is 9.47 Å². The summed E-state index contributed by atoms with van der Waals surface area (Å²) in [5.74, 6) is -0.781. The fourth-order valence-electron chi connectivity index (χ4n) is 8.83. The number of carbonyl (C=O) groups excluding carboxylic acids is 3. The summed E-state index contributed by atoms with van der Waals surface area (Å²) in [4.78, 5) is 41.8. The minimum absolute atomic E-state index is 0.0305. The van der Waals surface area contributed by atoms with Crippen molar-refractivity contribution in [2.24, 2.45) is 0 Å². The van der Waals surface area contributed by atoms with Crippen molar-refractivity contribution in [1.29, 1.82) is 0 Å². The van der Waals surface area contributed by atoms with Gasteiger partial charge in [-0.2, -0.15) is 0 Å². The lowest BCUT2D eigenvalue weighted by Crippen LogP contribution is -2.69. The van der Waals surface area contributed by atoms with E-state index < -0.39 is 55.2 Å². The zero-order valence-electron chi connectivity index (χ0n) is 40.9. The summed E-state index contributed by atoms with van der Waals surface area (Å²) in [6.07, 6.45) is 32.4. The minimum Gasteiger partial charge on any atom is -0.445 e. The molecule has 1 saturated heterocycles. The predicted octanol–water partition coefficient (Wildman–Crippen LogP) is 11.6. The maximum absolute atomic E-state index is 14.1. The Balaban J connectivity index is 1.92. The molecule has 0 spiro atoms. The summed E-state index contributed by atoms with van der Waals surface area (Å²) in [5, 5.41) is 37.7. The number of hydrogen-bond acceptors (Lipinski definition) is 8. The van der Waals surface area contributed by atoms with Gasteiger partial charge in [-0.05, 0) is 25.3 Å². The maximum atomic E-state index is 14.1. The van der Waals surface area contributed by atoms with Crippen LogP contribution >= 0.6 is 0 Å². The Hall–Kier alpha value is -2.73. The van der Waals surface area contributed by atoms with E-state index in [9.17, 15) is 29.7 Å². The number of ether oxygens (including phenoxy) is 2. The van der Waals surface area contributed by atoms with E-state index in [1.54, 1.807) is 4.90 Å². The van der Waals surface area contributed by atoms with E-state index >= 15 is 0 Å². The number of rotatable bonds is 40. The number of amides is 3. The van der Waals surface area contributed by atoms with Crippen LogP contribution in [0.1, 0.15) is 232 Å². The summed E-state index contributed by atoms with van der Waals surface area (Å²) >= 11 is 0. The van der Waals surface area contributed by atoms with Crippen LogP contribution in [0.4, 0.5) is 4.79 Å². The molecule has 1 aliphatic heterocycles. The molecule has 5 N–H and O–H groups in total. The molecule has 1 heterocycles. The van der Waals surface area contributed by atoms with Gasteiger partial charge in [0.2, 0.25) is 11.8 Å². The molecule has 11 heteroatoms. The van der Waals surface area contributed by atoms with Gasteiger partial charge in [-0.15, -0.1) is 0 Å². The number of nitrogens with one attached hydrogen (secondary N) is 2. The van der Waals surface area contributed by atoms with Gasteiger partial charge in [0.05, 0.1) is 6.61 Å². The van der Waals surface area contributed by atoms with Crippen molar-refractivity contribution in [3.63, 3.8) is 0 Å². The van der Waals surface area contributed by atoms with Crippen LogP contribution in [0, 0.1) is 0 Å². The highest BCUT2D eigenvalue weighted by Crippen LogP contribution is 2.26. The minimum atomic E-state index is -1.54. The fraction of sp³-hybridized carbons (Fsp3) is 0.830. The zero-order valence-corrected chi connectivity index (χ0v) is 40.9. The van der Waals surface area contributed by atoms with Crippen LogP contribution in [0.2, 0.25) is 0 Å². The average Bonchev–Trinajstić information content (AvgIpc) is 3.30. The molecule has 0 aromatic heterocycles. The number of alkyl carbamates (subject to hydrolysis) is 1. The molecule has 0 radical (unpaired) electrons. The second-order valence-corrected chi connectivity index (χ2v) is 18.8. The molecular weight excluding hydrogens is 807 g/mol. The molecule has 11 nitrogen and oxygen atoms in total. The molecule has 1 aromatic carbocycles. The number of nitrogens with zero attached hydrogens (tertiary/aromatic N) is 1.